The van der Waals surface area contributed by atoms with Crippen LogP contribution in [0.4, 0.5) is 15.8 Å². The maximum absolute atomic E-state index is 13.4. The van der Waals surface area contributed by atoms with E-state index in [2.05, 4.69) is 5.32 Å². The molecule has 0 bridgehead atoms. The van der Waals surface area contributed by atoms with Gasteiger partial charge in [-0.1, -0.05) is 11.6 Å². The van der Waals surface area contributed by atoms with Gasteiger partial charge >= 0.3 is 0 Å². The van der Waals surface area contributed by atoms with Crippen molar-refractivity contribution >= 4 is 40.2 Å². The second-order valence-electron chi connectivity index (χ2n) is 3.28. The van der Waals surface area contributed by atoms with E-state index in [4.69, 9.17) is 17.3 Å². The minimum atomic E-state index is -0.582. The van der Waals surface area contributed by atoms with Gasteiger partial charge in [-0.15, -0.1) is 11.3 Å². The lowest BCUT2D eigenvalue weighted by Crippen LogP contribution is -2.12. The molecule has 0 saturated carbocycles. The van der Waals surface area contributed by atoms with Crippen molar-refractivity contribution in [2.75, 3.05) is 11.1 Å². The molecule has 0 radical (unpaired) electrons. The molecule has 88 valence electrons. The normalized spacial score (nSPS) is 10.2. The van der Waals surface area contributed by atoms with E-state index in [1.807, 2.05) is 0 Å². The van der Waals surface area contributed by atoms with E-state index in [0.29, 0.717) is 10.6 Å². The van der Waals surface area contributed by atoms with Crippen LogP contribution in [0.2, 0.25) is 5.02 Å². The fraction of sp³-hybridized carbons (Fsp3) is 0. The van der Waals surface area contributed by atoms with Gasteiger partial charge in [0.1, 0.15) is 10.7 Å². The molecule has 2 aromatic rings. The molecule has 1 heterocycles. The van der Waals surface area contributed by atoms with Crippen molar-refractivity contribution in [3.05, 3.63) is 45.4 Å². The van der Waals surface area contributed by atoms with E-state index in [1.165, 1.54) is 23.5 Å². The van der Waals surface area contributed by atoms with Crippen LogP contribution in [0.25, 0.3) is 0 Å². The molecular weight excluding hydrogens is 263 g/mol. The summed E-state index contributed by atoms with van der Waals surface area (Å²) in [5.74, 6) is -1.01. The molecule has 0 aliphatic carbocycles. The van der Waals surface area contributed by atoms with Crippen LogP contribution in [0, 0.1) is 5.82 Å². The maximum atomic E-state index is 13.4. The van der Waals surface area contributed by atoms with Crippen molar-refractivity contribution in [2.45, 2.75) is 0 Å². The molecule has 1 aromatic carbocycles. The van der Waals surface area contributed by atoms with Crippen LogP contribution >= 0.6 is 22.9 Å². The Kier molecular flexibility index (Phi) is 3.31. The molecule has 0 saturated heterocycles. The highest BCUT2D eigenvalue weighted by molar-refractivity contribution is 7.12. The standard InChI is InChI=1S/C11H8ClFN2OS/c12-6-1-2-9(7(13)5-6)15-11(16)10-8(14)3-4-17-10/h1-5H,14H2,(H,15,16). The van der Waals surface area contributed by atoms with Crippen LogP contribution in [0.1, 0.15) is 9.67 Å². The Balaban J connectivity index is 2.22. The third-order valence-corrected chi connectivity index (χ3v) is 3.25. The molecule has 0 aliphatic rings. The Morgan fingerprint density at radius 1 is 1.41 bits per heavy atom. The van der Waals surface area contributed by atoms with Gasteiger partial charge in [-0.05, 0) is 29.6 Å². The molecule has 6 heteroatoms. The van der Waals surface area contributed by atoms with Gasteiger partial charge in [0, 0.05) is 5.02 Å². The minimum Gasteiger partial charge on any atom is -0.397 e. The molecular formula is C11H8ClFN2OS. The van der Waals surface area contributed by atoms with Gasteiger partial charge in [0.25, 0.3) is 5.91 Å². The Bertz CT molecular complexity index is 570. The first-order valence-electron chi connectivity index (χ1n) is 4.67. The van der Waals surface area contributed by atoms with E-state index >= 15 is 0 Å². The highest BCUT2D eigenvalue weighted by Gasteiger charge is 2.13. The summed E-state index contributed by atoms with van der Waals surface area (Å²) in [6.45, 7) is 0. The number of nitrogens with one attached hydrogen (secondary N) is 1. The zero-order valence-electron chi connectivity index (χ0n) is 8.54. The Hall–Kier alpha value is -1.59. The summed E-state index contributed by atoms with van der Waals surface area (Å²) in [6.07, 6.45) is 0. The number of benzene rings is 1. The van der Waals surface area contributed by atoms with Gasteiger partial charge in [-0.25, -0.2) is 4.39 Å². The first-order chi connectivity index (χ1) is 8.08. The monoisotopic (exact) mass is 270 g/mol. The van der Waals surface area contributed by atoms with Crippen LogP contribution in [0.5, 0.6) is 0 Å². The SMILES string of the molecule is Nc1ccsc1C(=O)Nc1ccc(Cl)cc1F. The van der Waals surface area contributed by atoms with E-state index in [0.717, 1.165) is 6.07 Å². The molecule has 3 N–H and O–H groups in total. The average molecular weight is 271 g/mol. The van der Waals surface area contributed by atoms with Crippen LogP contribution in [-0.2, 0) is 0 Å². The number of thiophene rings is 1. The van der Waals surface area contributed by atoms with Crippen molar-refractivity contribution in [3.8, 4) is 0 Å². The summed E-state index contributed by atoms with van der Waals surface area (Å²) in [5, 5.41) is 4.41. The molecule has 3 nitrogen and oxygen atoms in total. The van der Waals surface area contributed by atoms with Gasteiger partial charge in [-0.3, -0.25) is 4.79 Å². The van der Waals surface area contributed by atoms with Crippen LogP contribution < -0.4 is 11.1 Å². The number of halogens is 2. The average Bonchev–Trinajstić information content (AvgIpc) is 2.68. The van der Waals surface area contributed by atoms with Crippen LogP contribution in [0.15, 0.2) is 29.6 Å². The first kappa shape index (κ1) is 11.9. The topological polar surface area (TPSA) is 55.1 Å². The number of hydrogen-bond acceptors (Lipinski definition) is 3. The van der Waals surface area contributed by atoms with Crippen molar-refractivity contribution in [1.29, 1.82) is 0 Å². The number of amides is 1. The molecule has 0 spiro atoms. The van der Waals surface area contributed by atoms with E-state index < -0.39 is 11.7 Å². The van der Waals surface area contributed by atoms with E-state index in [9.17, 15) is 9.18 Å². The van der Waals surface area contributed by atoms with E-state index in [1.54, 1.807) is 11.4 Å². The van der Waals surface area contributed by atoms with Crippen LogP contribution in [-0.4, -0.2) is 5.91 Å². The molecule has 0 fully saturated rings. The predicted octanol–water partition coefficient (Wildman–Crippen LogP) is 3.38. The first-order valence-corrected chi connectivity index (χ1v) is 5.93. The molecule has 0 aliphatic heterocycles. The maximum Gasteiger partial charge on any atom is 0.267 e. The molecule has 1 amide bonds. The second-order valence-corrected chi connectivity index (χ2v) is 4.64. The Labute approximate surface area is 106 Å². The lowest BCUT2D eigenvalue weighted by Gasteiger charge is -2.05. The number of rotatable bonds is 2. The van der Waals surface area contributed by atoms with Crippen molar-refractivity contribution < 1.29 is 9.18 Å². The number of anilines is 2. The van der Waals surface area contributed by atoms with Crippen molar-refractivity contribution in [3.63, 3.8) is 0 Å². The van der Waals surface area contributed by atoms with E-state index in [-0.39, 0.29) is 10.7 Å². The third-order valence-electron chi connectivity index (χ3n) is 2.08. The fourth-order valence-electron chi connectivity index (χ4n) is 1.27. The molecule has 0 unspecified atom stereocenters. The zero-order valence-corrected chi connectivity index (χ0v) is 10.1. The summed E-state index contributed by atoms with van der Waals surface area (Å²) in [5.41, 5.74) is 6.04. The predicted molar refractivity (Wildman–Crippen MR) is 68.1 cm³/mol. The number of carbonyl (C=O) groups is 1. The fourth-order valence-corrected chi connectivity index (χ4v) is 2.15. The molecule has 2 rings (SSSR count). The Morgan fingerprint density at radius 3 is 2.76 bits per heavy atom. The summed E-state index contributed by atoms with van der Waals surface area (Å²) in [4.78, 5) is 12.1. The lowest BCUT2D eigenvalue weighted by atomic mass is 10.3. The van der Waals surface area contributed by atoms with Crippen molar-refractivity contribution in [2.24, 2.45) is 0 Å². The van der Waals surface area contributed by atoms with Gasteiger partial charge in [0.05, 0.1) is 11.4 Å². The van der Waals surface area contributed by atoms with Crippen LogP contribution in [0.3, 0.4) is 0 Å². The number of carbonyl (C=O) groups excluding carboxylic acids is 1. The third kappa shape index (κ3) is 2.57. The minimum absolute atomic E-state index is 0.0761. The van der Waals surface area contributed by atoms with Gasteiger partial charge in [0.2, 0.25) is 0 Å². The zero-order chi connectivity index (χ0) is 12.4. The number of hydrogen-bond donors (Lipinski definition) is 2. The summed E-state index contributed by atoms with van der Waals surface area (Å²) in [6, 6.07) is 5.66. The molecule has 1 aromatic heterocycles. The second kappa shape index (κ2) is 4.73. The lowest BCUT2D eigenvalue weighted by molar-refractivity contribution is 0.103. The van der Waals surface area contributed by atoms with Gasteiger partial charge in [-0.2, -0.15) is 0 Å². The summed E-state index contributed by atoms with van der Waals surface area (Å²) >= 11 is 6.81. The Morgan fingerprint density at radius 2 is 2.18 bits per heavy atom. The summed E-state index contributed by atoms with van der Waals surface area (Å²) in [7, 11) is 0. The molecule has 0 atom stereocenters. The smallest absolute Gasteiger partial charge is 0.267 e. The molecule has 17 heavy (non-hydrogen) atoms. The number of nitrogen functional groups attached to an aromatic ring is 1. The van der Waals surface area contributed by atoms with Gasteiger partial charge < -0.3 is 11.1 Å². The van der Waals surface area contributed by atoms with Crippen molar-refractivity contribution in [1.82, 2.24) is 0 Å². The highest BCUT2D eigenvalue weighted by atomic mass is 35.5. The quantitative estimate of drug-likeness (QED) is 0.879. The number of nitrogens with two attached hydrogens (primary N) is 1. The highest BCUT2D eigenvalue weighted by Crippen LogP contribution is 2.23. The van der Waals surface area contributed by atoms with Gasteiger partial charge in [0.15, 0.2) is 0 Å². The summed E-state index contributed by atoms with van der Waals surface area (Å²) < 4.78 is 13.4. The largest absolute Gasteiger partial charge is 0.397 e.